The number of hydrogen-bond acceptors (Lipinski definition) is 5. The summed E-state index contributed by atoms with van der Waals surface area (Å²) in [5, 5.41) is 4.13. The summed E-state index contributed by atoms with van der Waals surface area (Å²) in [7, 11) is 0. The molecule has 0 radical (unpaired) electrons. The third-order valence-electron chi connectivity index (χ3n) is 7.74. The normalized spacial score (nSPS) is 17.2. The van der Waals surface area contributed by atoms with Gasteiger partial charge in [0.1, 0.15) is 17.9 Å². The highest BCUT2D eigenvalue weighted by atomic mass is 35.5. The predicted molar refractivity (Wildman–Crippen MR) is 154 cm³/mol. The molecule has 13 heteroatoms. The van der Waals surface area contributed by atoms with Gasteiger partial charge in [0.2, 0.25) is 0 Å². The standard InChI is InChI=1S/C32H28ClF6N3O3/c1-2-44-30(43)25-17-40-42(29(25)32(37,38)39)28-5-3-4-26(41-28)24-16-23(33)14-15-27(24)45-18-19-6-8-20(9-7-19)21-10-12-22(13-11-21)31(34,35)36/h3-9,14-17,21-22H,2,10-13,18H2,1H3/t21-,22-. The number of esters is 1. The lowest BCUT2D eigenvalue weighted by molar-refractivity contribution is -0.182. The number of aromatic nitrogens is 3. The molecule has 1 aliphatic rings. The van der Waals surface area contributed by atoms with Crippen molar-refractivity contribution in [2.24, 2.45) is 5.92 Å². The van der Waals surface area contributed by atoms with Crippen LogP contribution in [0, 0.1) is 5.92 Å². The van der Waals surface area contributed by atoms with Gasteiger partial charge in [0, 0.05) is 10.6 Å². The lowest BCUT2D eigenvalue weighted by Crippen LogP contribution is -2.27. The molecule has 5 rings (SSSR count). The van der Waals surface area contributed by atoms with Crippen LogP contribution in [-0.4, -0.2) is 33.5 Å². The van der Waals surface area contributed by atoms with Crippen molar-refractivity contribution in [2.75, 3.05) is 6.61 Å². The molecule has 0 unspecified atom stereocenters. The van der Waals surface area contributed by atoms with Crippen LogP contribution in [0.25, 0.3) is 17.1 Å². The van der Waals surface area contributed by atoms with E-state index in [-0.39, 0.29) is 43.5 Å². The first-order chi connectivity index (χ1) is 21.3. The summed E-state index contributed by atoms with van der Waals surface area (Å²) >= 11 is 6.26. The molecule has 4 aromatic rings. The third-order valence-corrected chi connectivity index (χ3v) is 7.97. The fourth-order valence-corrected chi connectivity index (χ4v) is 5.65. The molecular formula is C32H28ClF6N3O3. The van der Waals surface area contributed by atoms with Crippen LogP contribution in [0.5, 0.6) is 5.75 Å². The van der Waals surface area contributed by atoms with Crippen molar-refractivity contribution in [3.05, 3.63) is 94.3 Å². The van der Waals surface area contributed by atoms with Crippen LogP contribution in [0.4, 0.5) is 26.3 Å². The molecule has 0 N–H and O–H groups in total. The number of rotatable bonds is 8. The van der Waals surface area contributed by atoms with Gasteiger partial charge < -0.3 is 9.47 Å². The Balaban J connectivity index is 1.35. The van der Waals surface area contributed by atoms with Crippen molar-refractivity contribution < 1.29 is 40.6 Å². The third kappa shape index (κ3) is 7.43. The highest BCUT2D eigenvalue weighted by molar-refractivity contribution is 6.31. The Bertz CT molecular complexity index is 1650. The summed E-state index contributed by atoms with van der Waals surface area (Å²) in [5.41, 5.74) is 0.400. The van der Waals surface area contributed by atoms with Crippen LogP contribution in [0.15, 0.2) is 66.9 Å². The molecule has 0 atom stereocenters. The molecule has 2 heterocycles. The van der Waals surface area contributed by atoms with E-state index in [0.717, 1.165) is 17.3 Å². The minimum absolute atomic E-state index is 0.0702. The van der Waals surface area contributed by atoms with E-state index in [1.165, 1.54) is 19.1 Å². The number of ether oxygens (including phenoxy) is 2. The molecule has 0 amide bonds. The topological polar surface area (TPSA) is 66.2 Å². The summed E-state index contributed by atoms with van der Waals surface area (Å²) < 4.78 is 92.6. The van der Waals surface area contributed by atoms with Crippen LogP contribution < -0.4 is 4.74 Å². The number of pyridine rings is 1. The Morgan fingerprint density at radius 3 is 2.33 bits per heavy atom. The maximum absolute atomic E-state index is 14.0. The first kappa shape index (κ1) is 32.3. The molecule has 0 spiro atoms. The molecule has 1 fully saturated rings. The molecule has 0 saturated heterocycles. The van der Waals surface area contributed by atoms with Gasteiger partial charge in [-0.2, -0.15) is 31.4 Å². The van der Waals surface area contributed by atoms with Crippen molar-refractivity contribution >= 4 is 17.6 Å². The number of carbonyl (C=O) groups is 1. The summed E-state index contributed by atoms with van der Waals surface area (Å²) in [4.78, 5) is 16.6. The minimum Gasteiger partial charge on any atom is -0.488 e. The number of carbonyl (C=O) groups excluding carboxylic acids is 1. The van der Waals surface area contributed by atoms with Gasteiger partial charge in [0.15, 0.2) is 11.5 Å². The van der Waals surface area contributed by atoms with Gasteiger partial charge in [-0.05, 0) is 80.0 Å². The zero-order valence-electron chi connectivity index (χ0n) is 24.0. The first-order valence-corrected chi connectivity index (χ1v) is 14.6. The quantitative estimate of drug-likeness (QED) is 0.140. The van der Waals surface area contributed by atoms with E-state index < -0.39 is 35.5 Å². The molecule has 2 aromatic carbocycles. The molecule has 6 nitrogen and oxygen atoms in total. The maximum Gasteiger partial charge on any atom is 0.434 e. The largest absolute Gasteiger partial charge is 0.488 e. The molecular weight excluding hydrogens is 624 g/mol. The minimum atomic E-state index is -4.93. The molecule has 0 aliphatic heterocycles. The summed E-state index contributed by atoms with van der Waals surface area (Å²) in [6.45, 7) is 1.51. The number of benzene rings is 2. The van der Waals surface area contributed by atoms with Crippen molar-refractivity contribution in [2.45, 2.75) is 57.5 Å². The number of nitrogens with zero attached hydrogens (tertiary/aromatic N) is 3. The second-order valence-electron chi connectivity index (χ2n) is 10.7. The van der Waals surface area contributed by atoms with E-state index in [1.807, 2.05) is 24.3 Å². The van der Waals surface area contributed by atoms with Gasteiger partial charge in [-0.3, -0.25) is 0 Å². The summed E-state index contributed by atoms with van der Waals surface area (Å²) in [6, 6.07) is 16.7. The molecule has 45 heavy (non-hydrogen) atoms. The van der Waals surface area contributed by atoms with Crippen LogP contribution in [0.1, 0.15) is 65.7 Å². The Morgan fingerprint density at radius 2 is 1.69 bits per heavy atom. The number of hydrogen-bond donors (Lipinski definition) is 0. The Morgan fingerprint density at radius 1 is 0.978 bits per heavy atom. The van der Waals surface area contributed by atoms with Crippen molar-refractivity contribution in [1.82, 2.24) is 14.8 Å². The van der Waals surface area contributed by atoms with Gasteiger partial charge in [-0.15, -0.1) is 0 Å². The van der Waals surface area contributed by atoms with Crippen molar-refractivity contribution in [1.29, 1.82) is 0 Å². The van der Waals surface area contributed by atoms with Crippen LogP contribution in [0.2, 0.25) is 5.02 Å². The van der Waals surface area contributed by atoms with E-state index in [4.69, 9.17) is 21.1 Å². The highest BCUT2D eigenvalue weighted by Gasteiger charge is 2.42. The Labute approximate surface area is 259 Å². The fourth-order valence-electron chi connectivity index (χ4n) is 5.47. The fraction of sp³-hybridized carbons (Fsp3) is 0.344. The van der Waals surface area contributed by atoms with Gasteiger partial charge in [-0.25, -0.2) is 14.5 Å². The highest BCUT2D eigenvalue weighted by Crippen LogP contribution is 2.43. The Kier molecular flexibility index (Phi) is 9.43. The smallest absolute Gasteiger partial charge is 0.434 e. The molecule has 1 aliphatic carbocycles. The van der Waals surface area contributed by atoms with E-state index >= 15 is 0 Å². The molecule has 1 saturated carbocycles. The summed E-state index contributed by atoms with van der Waals surface area (Å²) in [5.74, 6) is -2.15. The first-order valence-electron chi connectivity index (χ1n) is 14.2. The average molecular weight is 652 g/mol. The Hall–Kier alpha value is -4.06. The van der Waals surface area contributed by atoms with E-state index in [0.29, 0.717) is 33.9 Å². The SMILES string of the molecule is CCOC(=O)c1cnn(-c2cccc(-c3cc(Cl)ccc3OCc3ccc([C@H]4CC[C@H](C(F)(F)F)CC4)cc3)n2)c1C(F)(F)F. The van der Waals surface area contributed by atoms with Crippen molar-refractivity contribution in [3.8, 4) is 22.8 Å². The van der Waals surface area contributed by atoms with E-state index in [2.05, 4.69) is 10.1 Å². The number of alkyl halides is 6. The van der Waals surface area contributed by atoms with Gasteiger partial charge in [0.25, 0.3) is 0 Å². The van der Waals surface area contributed by atoms with Crippen molar-refractivity contribution in [3.63, 3.8) is 0 Å². The van der Waals surface area contributed by atoms with Crippen LogP contribution >= 0.6 is 11.6 Å². The second kappa shape index (κ2) is 13.1. The van der Waals surface area contributed by atoms with Gasteiger partial charge in [-0.1, -0.05) is 41.9 Å². The average Bonchev–Trinajstić information content (AvgIpc) is 3.47. The zero-order valence-corrected chi connectivity index (χ0v) is 24.7. The molecule has 0 bridgehead atoms. The zero-order chi connectivity index (χ0) is 32.4. The van der Waals surface area contributed by atoms with E-state index in [9.17, 15) is 31.1 Å². The lowest BCUT2D eigenvalue weighted by atomic mass is 9.78. The predicted octanol–water partition coefficient (Wildman–Crippen LogP) is 9.20. The number of halogens is 7. The lowest BCUT2D eigenvalue weighted by Gasteiger charge is -2.30. The van der Waals surface area contributed by atoms with Gasteiger partial charge >= 0.3 is 18.3 Å². The monoisotopic (exact) mass is 651 g/mol. The molecule has 2 aromatic heterocycles. The summed E-state index contributed by atoms with van der Waals surface area (Å²) in [6.07, 6.45) is -7.08. The van der Waals surface area contributed by atoms with Crippen LogP contribution in [-0.2, 0) is 17.5 Å². The second-order valence-corrected chi connectivity index (χ2v) is 11.1. The molecule has 238 valence electrons. The maximum atomic E-state index is 14.0. The van der Waals surface area contributed by atoms with Gasteiger partial charge in [0.05, 0.1) is 24.4 Å². The van der Waals surface area contributed by atoms with E-state index in [1.54, 1.807) is 24.3 Å². The van der Waals surface area contributed by atoms with Crippen LogP contribution in [0.3, 0.4) is 0 Å².